The summed E-state index contributed by atoms with van der Waals surface area (Å²) in [5, 5.41) is 24.9. The highest BCUT2D eigenvalue weighted by Crippen LogP contribution is 2.21. The molecule has 0 radical (unpaired) electrons. The number of aliphatic hydroxyl groups excluding tert-OH is 1. The van der Waals surface area contributed by atoms with Crippen LogP contribution < -0.4 is 10.9 Å². The Morgan fingerprint density at radius 1 is 1.31 bits per heavy atom. The van der Waals surface area contributed by atoms with E-state index >= 15 is 0 Å². The van der Waals surface area contributed by atoms with E-state index in [0.29, 0.717) is 29.3 Å². The van der Waals surface area contributed by atoms with Crippen molar-refractivity contribution in [2.75, 3.05) is 11.9 Å². The van der Waals surface area contributed by atoms with E-state index in [2.05, 4.69) is 30.6 Å². The van der Waals surface area contributed by atoms with Crippen LogP contribution in [0.25, 0.3) is 17.0 Å². The van der Waals surface area contributed by atoms with Crippen molar-refractivity contribution < 1.29 is 9.50 Å². The Kier molecular flexibility index (Phi) is 5.00. The normalized spacial score (nSPS) is 12.2. The molecule has 0 fully saturated rings. The van der Waals surface area contributed by atoms with Crippen LogP contribution in [-0.2, 0) is 6.42 Å². The molecule has 0 aliphatic heterocycles. The van der Waals surface area contributed by atoms with Crippen LogP contribution >= 0.6 is 0 Å². The highest BCUT2D eigenvalue weighted by molar-refractivity contribution is 5.60. The highest BCUT2D eigenvalue weighted by atomic mass is 19.1. The molecule has 4 heterocycles. The van der Waals surface area contributed by atoms with E-state index < -0.39 is 11.9 Å². The molecule has 0 spiro atoms. The molecule has 29 heavy (non-hydrogen) atoms. The van der Waals surface area contributed by atoms with Crippen molar-refractivity contribution in [3.63, 3.8) is 0 Å². The molecule has 0 aliphatic carbocycles. The van der Waals surface area contributed by atoms with E-state index in [9.17, 15) is 9.18 Å². The molecule has 4 aromatic rings. The first-order chi connectivity index (χ1) is 14.0. The maximum atomic E-state index is 13.5. The van der Waals surface area contributed by atoms with E-state index in [1.165, 1.54) is 6.07 Å². The van der Waals surface area contributed by atoms with Gasteiger partial charge in [0.2, 0.25) is 0 Å². The number of nitrogens with zero attached hydrogens (tertiary/aromatic N) is 5. The zero-order valence-corrected chi connectivity index (χ0v) is 15.5. The smallest absolute Gasteiger partial charge is 0.253 e. The molecule has 10 heteroatoms. The number of H-pyrrole nitrogens is 1. The number of fused-ring (bicyclic) bond motifs is 1. The van der Waals surface area contributed by atoms with Crippen LogP contribution in [0, 0.1) is 5.82 Å². The lowest BCUT2D eigenvalue weighted by atomic mass is 10.1. The Bertz CT molecular complexity index is 1220. The van der Waals surface area contributed by atoms with E-state index in [1.807, 2.05) is 6.07 Å². The summed E-state index contributed by atoms with van der Waals surface area (Å²) in [6, 6.07) is 6.04. The first kappa shape index (κ1) is 18.7. The van der Waals surface area contributed by atoms with Crippen molar-refractivity contribution in [1.29, 1.82) is 0 Å². The number of halogens is 1. The predicted octanol–water partition coefficient (Wildman–Crippen LogP) is 1.72. The monoisotopic (exact) mass is 395 g/mol. The van der Waals surface area contributed by atoms with Gasteiger partial charge in [-0.15, -0.1) is 10.2 Å². The van der Waals surface area contributed by atoms with E-state index in [-0.39, 0.29) is 17.7 Å². The van der Waals surface area contributed by atoms with Crippen LogP contribution in [0.15, 0.2) is 47.7 Å². The number of rotatable bonds is 6. The summed E-state index contributed by atoms with van der Waals surface area (Å²) >= 11 is 0. The maximum Gasteiger partial charge on any atom is 0.253 e. The molecule has 148 valence electrons. The van der Waals surface area contributed by atoms with Crippen LogP contribution in [0.3, 0.4) is 0 Å². The molecule has 0 aromatic carbocycles. The number of aromatic nitrogens is 6. The van der Waals surface area contributed by atoms with Crippen molar-refractivity contribution in [2.24, 2.45) is 0 Å². The van der Waals surface area contributed by atoms with Gasteiger partial charge >= 0.3 is 0 Å². The lowest BCUT2D eigenvalue weighted by Gasteiger charge is -2.14. The Labute approximate surface area is 164 Å². The Hall–Kier alpha value is -3.66. The third-order valence-electron chi connectivity index (χ3n) is 4.46. The van der Waals surface area contributed by atoms with Gasteiger partial charge in [0.05, 0.1) is 18.4 Å². The minimum Gasteiger partial charge on any atom is -0.396 e. The van der Waals surface area contributed by atoms with Crippen molar-refractivity contribution >= 4 is 11.5 Å². The van der Waals surface area contributed by atoms with Gasteiger partial charge in [0, 0.05) is 18.4 Å². The minimum absolute atomic E-state index is 0.0156. The first-order valence-corrected chi connectivity index (χ1v) is 8.97. The standard InChI is InChI=1S/C19H18FN7O2/c1-11(14-7-13(20)9-22-19(14)29)24-17-2-3-18-21-10-16(27(18)26-17)15-6-12(4-5-28)8-23-25-15/h2-3,6-11,28H,4-5H2,1H3,(H,22,29)(H,24,26)/t11-/m1/s1. The van der Waals surface area contributed by atoms with Crippen LogP contribution in [-0.4, -0.2) is 41.5 Å². The van der Waals surface area contributed by atoms with E-state index in [1.54, 1.807) is 36.0 Å². The summed E-state index contributed by atoms with van der Waals surface area (Å²) < 4.78 is 15.1. The summed E-state index contributed by atoms with van der Waals surface area (Å²) in [5.74, 6) is -0.0396. The number of aliphatic hydroxyl groups is 1. The number of hydrogen-bond donors (Lipinski definition) is 3. The molecular weight excluding hydrogens is 377 g/mol. The molecule has 0 amide bonds. The van der Waals surface area contributed by atoms with Gasteiger partial charge in [-0.1, -0.05) is 0 Å². The summed E-state index contributed by atoms with van der Waals surface area (Å²) in [5.41, 5.74) is 2.55. The second-order valence-electron chi connectivity index (χ2n) is 6.52. The first-order valence-electron chi connectivity index (χ1n) is 8.97. The van der Waals surface area contributed by atoms with Crippen LogP contribution in [0.2, 0.25) is 0 Å². The fourth-order valence-electron chi connectivity index (χ4n) is 3.02. The van der Waals surface area contributed by atoms with Crippen LogP contribution in [0.4, 0.5) is 10.2 Å². The fourth-order valence-corrected chi connectivity index (χ4v) is 3.02. The highest BCUT2D eigenvalue weighted by Gasteiger charge is 2.14. The summed E-state index contributed by atoms with van der Waals surface area (Å²) in [6.07, 6.45) is 4.73. The van der Waals surface area contributed by atoms with E-state index in [0.717, 1.165) is 11.8 Å². The average molecular weight is 395 g/mol. The number of nitrogens with one attached hydrogen (secondary N) is 2. The molecule has 3 N–H and O–H groups in total. The number of hydrogen-bond acceptors (Lipinski definition) is 7. The maximum absolute atomic E-state index is 13.5. The van der Waals surface area contributed by atoms with Crippen LogP contribution in [0.5, 0.6) is 0 Å². The number of aromatic amines is 1. The van der Waals surface area contributed by atoms with Gasteiger partial charge in [0.1, 0.15) is 23.0 Å². The van der Waals surface area contributed by atoms with Gasteiger partial charge in [-0.2, -0.15) is 5.10 Å². The molecule has 0 aliphatic rings. The van der Waals surface area contributed by atoms with Gasteiger partial charge < -0.3 is 15.4 Å². The molecule has 9 nitrogen and oxygen atoms in total. The van der Waals surface area contributed by atoms with Gasteiger partial charge in [0.15, 0.2) is 5.65 Å². The molecule has 0 bridgehead atoms. The average Bonchev–Trinajstić information content (AvgIpc) is 3.13. The van der Waals surface area contributed by atoms with Crippen molar-refractivity contribution in [3.8, 4) is 11.4 Å². The molecular formula is C19H18FN7O2. The SMILES string of the molecule is C[C@@H](Nc1ccc2ncc(-c3cc(CCO)cnn3)n2n1)c1cc(F)c[nH]c1=O. The molecule has 0 saturated carbocycles. The van der Waals surface area contributed by atoms with Crippen molar-refractivity contribution in [3.05, 3.63) is 70.2 Å². The fraction of sp³-hybridized carbons (Fsp3) is 0.211. The van der Waals surface area contributed by atoms with Gasteiger partial charge in [0.25, 0.3) is 5.56 Å². The van der Waals surface area contributed by atoms with Crippen molar-refractivity contribution in [2.45, 2.75) is 19.4 Å². The van der Waals surface area contributed by atoms with Crippen molar-refractivity contribution in [1.82, 2.24) is 29.8 Å². The molecule has 0 unspecified atom stereocenters. The van der Waals surface area contributed by atoms with Crippen LogP contribution in [0.1, 0.15) is 24.1 Å². The topological polar surface area (TPSA) is 121 Å². The second-order valence-corrected chi connectivity index (χ2v) is 6.52. The third kappa shape index (κ3) is 3.83. The Balaban J connectivity index is 1.67. The summed E-state index contributed by atoms with van der Waals surface area (Å²) in [4.78, 5) is 18.7. The number of imidazole rings is 1. The lowest BCUT2D eigenvalue weighted by Crippen LogP contribution is -2.20. The summed E-state index contributed by atoms with van der Waals surface area (Å²) in [7, 11) is 0. The third-order valence-corrected chi connectivity index (χ3v) is 4.46. The molecule has 4 aromatic heterocycles. The Morgan fingerprint density at radius 3 is 3.00 bits per heavy atom. The zero-order valence-electron chi connectivity index (χ0n) is 15.5. The quantitative estimate of drug-likeness (QED) is 0.454. The predicted molar refractivity (Wildman–Crippen MR) is 104 cm³/mol. The molecule has 4 rings (SSSR count). The Morgan fingerprint density at radius 2 is 2.17 bits per heavy atom. The molecule has 1 atom stereocenters. The largest absolute Gasteiger partial charge is 0.396 e. The summed E-state index contributed by atoms with van der Waals surface area (Å²) in [6.45, 7) is 1.76. The van der Waals surface area contributed by atoms with Gasteiger partial charge in [-0.3, -0.25) is 4.79 Å². The van der Waals surface area contributed by atoms with Gasteiger partial charge in [-0.05, 0) is 43.2 Å². The second kappa shape index (κ2) is 7.76. The molecule has 0 saturated heterocycles. The van der Waals surface area contributed by atoms with Gasteiger partial charge in [-0.25, -0.2) is 13.9 Å². The van der Waals surface area contributed by atoms with E-state index in [4.69, 9.17) is 5.11 Å². The zero-order chi connectivity index (χ0) is 20.4. The number of anilines is 1. The lowest BCUT2D eigenvalue weighted by molar-refractivity contribution is 0.299. The minimum atomic E-state index is -0.519. The number of pyridine rings is 1.